The number of aromatic nitrogens is 1. The van der Waals surface area contributed by atoms with Crippen LogP contribution in [0.15, 0.2) is 233 Å². The Balaban J connectivity index is 1.12. The molecule has 1 unspecified atom stereocenters. The summed E-state index contributed by atoms with van der Waals surface area (Å²) in [6.07, 6.45) is 0. The third-order valence-electron chi connectivity index (χ3n) is 12.2. The standard InChI is InChI=1S/C59H43N3O/c1-38(2)58(61-59(45-32-30-44(31-33-45)42-18-8-5-9-19-42)60-39(3)40-26-28-43(29-27-40)41-16-6-4-7-17-41)48-36-54(57-50-23-13-15-25-55(50)63-56(57)37-48)62-52-24-14-12-22-49(52)51-34-46-20-10-11-21-47(46)35-53(51)62/h4-37,58H,1H2,2-3H3. The molecular weight excluding hydrogens is 767 g/mol. The second-order valence-electron chi connectivity index (χ2n) is 16.4. The van der Waals surface area contributed by atoms with Gasteiger partial charge < -0.3 is 8.98 Å². The van der Waals surface area contributed by atoms with Gasteiger partial charge in [-0.25, -0.2) is 4.99 Å². The predicted molar refractivity (Wildman–Crippen MR) is 266 cm³/mol. The highest BCUT2D eigenvalue weighted by molar-refractivity contribution is 6.17. The van der Waals surface area contributed by atoms with Crippen molar-refractivity contribution >= 4 is 66.1 Å². The van der Waals surface area contributed by atoms with E-state index in [0.717, 1.165) is 83.3 Å². The smallest absolute Gasteiger partial charge is 0.155 e. The number of nitrogens with zero attached hydrogens (tertiary/aromatic N) is 3. The number of fused-ring (bicyclic) bond motifs is 7. The summed E-state index contributed by atoms with van der Waals surface area (Å²) in [5, 5.41) is 6.92. The van der Waals surface area contributed by atoms with E-state index in [1.165, 1.54) is 27.1 Å². The van der Waals surface area contributed by atoms with Gasteiger partial charge in [-0.3, -0.25) is 4.99 Å². The van der Waals surface area contributed by atoms with Crippen molar-refractivity contribution in [3.8, 4) is 27.9 Å². The minimum Gasteiger partial charge on any atom is -0.456 e. The number of benzene rings is 9. The van der Waals surface area contributed by atoms with E-state index in [1.807, 2.05) is 24.3 Å². The van der Waals surface area contributed by atoms with Crippen LogP contribution in [0.3, 0.4) is 0 Å². The van der Waals surface area contributed by atoms with E-state index >= 15 is 0 Å². The molecule has 0 saturated carbocycles. The van der Waals surface area contributed by atoms with Crippen LogP contribution in [0.25, 0.3) is 82.5 Å². The SMILES string of the molecule is C=C(C)C(N=C(N=C(C)c1ccc(-c2ccccc2)cc1)c1ccc(-c2ccccc2)cc1)c1cc(-n2c3ccccc3c3cc4ccccc4cc32)c2c(c1)oc1ccccc12. The molecule has 0 aliphatic carbocycles. The molecule has 11 aromatic rings. The number of hydrogen-bond acceptors (Lipinski definition) is 2. The van der Waals surface area contributed by atoms with Crippen LogP contribution < -0.4 is 0 Å². The van der Waals surface area contributed by atoms with Crippen molar-refractivity contribution in [3.63, 3.8) is 0 Å². The van der Waals surface area contributed by atoms with Crippen LogP contribution in [-0.4, -0.2) is 16.1 Å². The van der Waals surface area contributed by atoms with Gasteiger partial charge in [0.1, 0.15) is 11.2 Å². The molecule has 11 rings (SSSR count). The second kappa shape index (κ2) is 15.7. The van der Waals surface area contributed by atoms with Crippen molar-refractivity contribution < 1.29 is 4.42 Å². The van der Waals surface area contributed by atoms with Gasteiger partial charge in [-0.05, 0) is 94.4 Å². The number of para-hydroxylation sites is 2. The lowest BCUT2D eigenvalue weighted by Gasteiger charge is -2.18. The number of furan rings is 1. The van der Waals surface area contributed by atoms with Crippen molar-refractivity contribution in [1.82, 2.24) is 4.57 Å². The van der Waals surface area contributed by atoms with Crippen LogP contribution in [0.4, 0.5) is 0 Å². The highest BCUT2D eigenvalue weighted by atomic mass is 16.3. The van der Waals surface area contributed by atoms with Crippen molar-refractivity contribution in [1.29, 1.82) is 0 Å². The van der Waals surface area contributed by atoms with E-state index in [0.29, 0.717) is 5.84 Å². The van der Waals surface area contributed by atoms with E-state index < -0.39 is 6.04 Å². The van der Waals surface area contributed by atoms with Gasteiger partial charge in [0.2, 0.25) is 0 Å². The topological polar surface area (TPSA) is 42.8 Å². The van der Waals surface area contributed by atoms with Gasteiger partial charge in [0, 0.05) is 27.4 Å². The van der Waals surface area contributed by atoms with Crippen LogP contribution in [0, 0.1) is 0 Å². The maximum Gasteiger partial charge on any atom is 0.155 e. The molecule has 0 fully saturated rings. The lowest BCUT2D eigenvalue weighted by molar-refractivity contribution is 0.667. The van der Waals surface area contributed by atoms with Crippen LogP contribution in [0.2, 0.25) is 0 Å². The average Bonchev–Trinajstić information content (AvgIpc) is 3.87. The molecular formula is C59H43N3O. The third kappa shape index (κ3) is 6.92. The molecule has 2 heterocycles. The molecule has 1 atom stereocenters. The molecule has 4 nitrogen and oxygen atoms in total. The molecule has 0 N–H and O–H groups in total. The van der Waals surface area contributed by atoms with Crippen molar-refractivity contribution in [2.45, 2.75) is 19.9 Å². The van der Waals surface area contributed by atoms with Crippen LogP contribution >= 0.6 is 0 Å². The summed E-state index contributed by atoms with van der Waals surface area (Å²) < 4.78 is 9.16. The largest absolute Gasteiger partial charge is 0.456 e. The van der Waals surface area contributed by atoms with Gasteiger partial charge in [0.15, 0.2) is 5.84 Å². The molecule has 0 bridgehead atoms. The van der Waals surface area contributed by atoms with Gasteiger partial charge >= 0.3 is 0 Å². The zero-order valence-electron chi connectivity index (χ0n) is 35.2. The number of hydrogen-bond donors (Lipinski definition) is 0. The Morgan fingerprint density at radius 3 is 1.71 bits per heavy atom. The lowest BCUT2D eigenvalue weighted by atomic mass is 9.97. The summed E-state index contributed by atoms with van der Waals surface area (Å²) in [4.78, 5) is 10.9. The molecule has 63 heavy (non-hydrogen) atoms. The molecule has 0 radical (unpaired) electrons. The first-order valence-corrected chi connectivity index (χ1v) is 21.4. The first-order chi connectivity index (χ1) is 31.0. The normalized spacial score (nSPS) is 12.8. The Morgan fingerprint density at radius 1 is 0.492 bits per heavy atom. The zero-order valence-corrected chi connectivity index (χ0v) is 35.2. The molecule has 4 heteroatoms. The second-order valence-corrected chi connectivity index (χ2v) is 16.4. The number of rotatable bonds is 8. The van der Waals surface area contributed by atoms with Gasteiger partial charge in [-0.15, -0.1) is 0 Å². The summed E-state index contributed by atoms with van der Waals surface area (Å²) in [5.41, 5.74) is 14.2. The highest BCUT2D eigenvalue weighted by Gasteiger charge is 2.23. The molecule has 2 aromatic heterocycles. The van der Waals surface area contributed by atoms with Crippen molar-refractivity contribution in [2.75, 3.05) is 0 Å². The molecule has 9 aromatic carbocycles. The van der Waals surface area contributed by atoms with E-state index in [9.17, 15) is 0 Å². The maximum absolute atomic E-state index is 6.75. The quantitative estimate of drug-likeness (QED) is 0.0856. The number of aliphatic imine (C=N–C) groups is 2. The van der Waals surface area contributed by atoms with Crippen molar-refractivity contribution in [3.05, 3.63) is 235 Å². The highest BCUT2D eigenvalue weighted by Crippen LogP contribution is 2.42. The summed E-state index contributed by atoms with van der Waals surface area (Å²) in [6.45, 7) is 8.68. The van der Waals surface area contributed by atoms with E-state index in [1.54, 1.807) is 0 Å². The fourth-order valence-corrected chi connectivity index (χ4v) is 9.06. The van der Waals surface area contributed by atoms with Gasteiger partial charge in [-0.1, -0.05) is 182 Å². The Kier molecular flexibility index (Phi) is 9.47. The Bertz CT molecular complexity index is 3570. The molecule has 300 valence electrons. The van der Waals surface area contributed by atoms with Crippen LogP contribution in [-0.2, 0) is 0 Å². The van der Waals surface area contributed by atoms with Gasteiger partial charge in [0.25, 0.3) is 0 Å². The molecule has 0 amide bonds. The lowest BCUT2D eigenvalue weighted by Crippen LogP contribution is -2.08. The van der Waals surface area contributed by atoms with Crippen LogP contribution in [0.1, 0.15) is 36.6 Å². The van der Waals surface area contributed by atoms with Crippen LogP contribution in [0.5, 0.6) is 0 Å². The van der Waals surface area contributed by atoms with Crippen molar-refractivity contribution in [2.24, 2.45) is 9.98 Å². The van der Waals surface area contributed by atoms with E-state index in [-0.39, 0.29) is 0 Å². The van der Waals surface area contributed by atoms with E-state index in [2.05, 4.69) is 207 Å². The van der Waals surface area contributed by atoms with E-state index in [4.69, 9.17) is 14.4 Å². The molecule has 0 aliphatic heterocycles. The minimum absolute atomic E-state index is 0.448. The monoisotopic (exact) mass is 809 g/mol. The first-order valence-electron chi connectivity index (χ1n) is 21.4. The number of amidine groups is 1. The summed E-state index contributed by atoms with van der Waals surface area (Å²) in [6, 6.07) is 72.3. The summed E-state index contributed by atoms with van der Waals surface area (Å²) >= 11 is 0. The summed E-state index contributed by atoms with van der Waals surface area (Å²) in [7, 11) is 0. The Labute approximate surface area is 366 Å². The third-order valence-corrected chi connectivity index (χ3v) is 12.2. The molecule has 0 aliphatic rings. The van der Waals surface area contributed by atoms with Gasteiger partial charge in [0.05, 0.1) is 28.1 Å². The first kappa shape index (κ1) is 37.9. The molecule has 0 saturated heterocycles. The minimum atomic E-state index is -0.448. The molecule has 0 spiro atoms. The predicted octanol–water partition coefficient (Wildman–Crippen LogP) is 15.7. The maximum atomic E-state index is 6.75. The summed E-state index contributed by atoms with van der Waals surface area (Å²) in [5.74, 6) is 0.627. The Morgan fingerprint density at radius 2 is 1.05 bits per heavy atom. The fourth-order valence-electron chi connectivity index (χ4n) is 9.06. The van der Waals surface area contributed by atoms with Gasteiger partial charge in [-0.2, -0.15) is 0 Å². The average molecular weight is 810 g/mol. The fraction of sp³-hybridized carbons (Fsp3) is 0.0508. The Hall–Kier alpha value is -8.08. The zero-order chi connectivity index (χ0) is 42.4.